The Labute approximate surface area is 73.2 Å². The molecule has 1 heterocycles. The largest absolute Gasteiger partial charge is 0.379 e. The molecule has 1 aliphatic rings. The first-order chi connectivity index (χ1) is 5.55. The summed E-state index contributed by atoms with van der Waals surface area (Å²) in [6.45, 7) is 0.415. The zero-order chi connectivity index (χ0) is 9.19. The Balaban J connectivity index is 2.53. The molecular weight excluding hydrogens is 195 g/mol. The van der Waals surface area contributed by atoms with Gasteiger partial charge in [0.15, 0.2) is 0 Å². The Morgan fingerprint density at radius 2 is 1.83 bits per heavy atom. The van der Waals surface area contributed by atoms with Gasteiger partial charge in [-0.15, -0.1) is 0 Å². The molecule has 12 heavy (non-hydrogen) atoms. The maximum atomic E-state index is 12.8. The van der Waals surface area contributed by atoms with Gasteiger partial charge in [-0.1, -0.05) is 11.6 Å². The van der Waals surface area contributed by atoms with E-state index in [4.69, 9.17) is 16.3 Å². The summed E-state index contributed by atoms with van der Waals surface area (Å²) in [6, 6.07) is -3.58. The first kappa shape index (κ1) is 10.1. The average molecular weight is 204 g/mol. The van der Waals surface area contributed by atoms with E-state index in [-0.39, 0.29) is 26.3 Å². The fourth-order valence-electron chi connectivity index (χ4n) is 0.999. The third-order valence-corrected chi connectivity index (χ3v) is 1.96. The number of hydrogen-bond donors (Lipinski definition) is 0. The predicted molar refractivity (Wildman–Crippen MR) is 38.1 cm³/mol. The number of alkyl halides is 4. The summed E-state index contributed by atoms with van der Waals surface area (Å²) < 4.78 is 42.6. The quantitative estimate of drug-likeness (QED) is 0.498. The number of halogens is 4. The van der Waals surface area contributed by atoms with E-state index in [2.05, 4.69) is 0 Å². The minimum atomic E-state index is -3.58. The van der Waals surface area contributed by atoms with Gasteiger partial charge in [-0.05, 0) is 0 Å². The Kier molecular flexibility index (Phi) is 3.20. The van der Waals surface area contributed by atoms with Gasteiger partial charge in [0.1, 0.15) is 0 Å². The Hall–Kier alpha value is -0.0000000000000000416. The molecule has 0 aromatic heterocycles. The van der Waals surface area contributed by atoms with Crippen LogP contribution in [0.1, 0.15) is 0 Å². The molecule has 0 bridgehead atoms. The number of ether oxygens (including phenoxy) is 1. The molecule has 72 valence electrons. The van der Waals surface area contributed by atoms with Crippen LogP contribution < -0.4 is 0 Å². The molecule has 6 heteroatoms. The molecular formula is C6H9ClF3NO. The molecule has 0 N–H and O–H groups in total. The number of nitrogens with zero attached hydrogens (tertiary/aromatic N) is 1. The highest BCUT2D eigenvalue weighted by Crippen LogP contribution is 2.29. The van der Waals surface area contributed by atoms with Crippen molar-refractivity contribution in [3.63, 3.8) is 0 Å². The van der Waals surface area contributed by atoms with Gasteiger partial charge in [0.25, 0.3) is 5.63 Å². The van der Waals surface area contributed by atoms with Crippen LogP contribution >= 0.6 is 11.6 Å². The van der Waals surface area contributed by atoms with E-state index in [1.165, 1.54) is 0 Å². The minimum absolute atomic E-state index is 0.0140. The molecule has 1 atom stereocenters. The lowest BCUT2D eigenvalue weighted by Crippen LogP contribution is -2.51. The molecule has 0 aromatic carbocycles. The smallest absolute Gasteiger partial charge is 0.349 e. The molecule has 0 aliphatic carbocycles. The highest BCUT2D eigenvalue weighted by Gasteiger charge is 2.45. The minimum Gasteiger partial charge on any atom is -0.379 e. The van der Waals surface area contributed by atoms with Gasteiger partial charge >= 0.3 is 6.05 Å². The normalized spacial score (nSPS) is 24.0. The van der Waals surface area contributed by atoms with Crippen molar-refractivity contribution in [3.8, 4) is 0 Å². The molecule has 0 spiro atoms. The summed E-state index contributed by atoms with van der Waals surface area (Å²) in [4.78, 5) is 0.689. The lowest BCUT2D eigenvalue weighted by molar-refractivity contribution is -0.192. The highest BCUT2D eigenvalue weighted by atomic mass is 35.5. The van der Waals surface area contributed by atoms with Crippen LogP contribution in [0.4, 0.5) is 13.2 Å². The van der Waals surface area contributed by atoms with Crippen LogP contribution in [-0.2, 0) is 4.74 Å². The second kappa shape index (κ2) is 3.81. The standard InChI is InChI=1S/C6H9ClF3NO/c7-5(8)6(9,10)11-1-3-12-4-2-11/h5H,1-4H2. The molecule has 0 aromatic rings. The van der Waals surface area contributed by atoms with E-state index in [0.29, 0.717) is 4.90 Å². The predicted octanol–water partition coefficient (Wildman–Crippen LogP) is 1.45. The van der Waals surface area contributed by atoms with E-state index in [0.717, 1.165) is 0 Å². The van der Waals surface area contributed by atoms with Crippen molar-refractivity contribution in [2.24, 2.45) is 0 Å². The van der Waals surface area contributed by atoms with Crippen LogP contribution in [0.15, 0.2) is 0 Å². The van der Waals surface area contributed by atoms with Crippen LogP contribution in [0.3, 0.4) is 0 Å². The van der Waals surface area contributed by atoms with Crippen LogP contribution in [0, 0.1) is 0 Å². The maximum absolute atomic E-state index is 12.8. The van der Waals surface area contributed by atoms with Gasteiger partial charge < -0.3 is 4.74 Å². The number of hydrogen-bond acceptors (Lipinski definition) is 2. The fraction of sp³-hybridized carbons (Fsp3) is 1.00. The monoisotopic (exact) mass is 203 g/mol. The molecule has 0 amide bonds. The highest BCUT2D eigenvalue weighted by molar-refractivity contribution is 6.20. The van der Waals surface area contributed by atoms with E-state index < -0.39 is 11.7 Å². The first-order valence-corrected chi connectivity index (χ1v) is 3.97. The third kappa shape index (κ3) is 2.02. The van der Waals surface area contributed by atoms with Crippen molar-refractivity contribution >= 4 is 11.6 Å². The summed E-state index contributed by atoms with van der Waals surface area (Å²) in [5.41, 5.74) is -2.66. The lowest BCUT2D eigenvalue weighted by Gasteiger charge is -2.33. The lowest BCUT2D eigenvalue weighted by atomic mass is 10.4. The van der Waals surface area contributed by atoms with Gasteiger partial charge in [-0.2, -0.15) is 8.78 Å². The summed E-state index contributed by atoms with van der Waals surface area (Å²) in [7, 11) is 0. The molecule has 1 fully saturated rings. The van der Waals surface area contributed by atoms with Crippen molar-refractivity contribution in [1.29, 1.82) is 0 Å². The first-order valence-electron chi connectivity index (χ1n) is 3.54. The summed E-state index contributed by atoms with van der Waals surface area (Å²) in [5, 5.41) is 0. The molecule has 0 saturated carbocycles. The van der Waals surface area contributed by atoms with Crippen LogP contribution in [0.25, 0.3) is 0 Å². The zero-order valence-corrected chi connectivity index (χ0v) is 7.03. The molecule has 0 radical (unpaired) electrons. The summed E-state index contributed by atoms with van der Waals surface area (Å²) >= 11 is 4.70. The van der Waals surface area contributed by atoms with Gasteiger partial charge in [0.2, 0.25) is 0 Å². The van der Waals surface area contributed by atoms with Crippen molar-refractivity contribution < 1.29 is 17.9 Å². The van der Waals surface area contributed by atoms with Gasteiger partial charge in [-0.25, -0.2) is 9.29 Å². The summed E-state index contributed by atoms with van der Waals surface area (Å²) in [6.07, 6.45) is 0. The maximum Gasteiger partial charge on any atom is 0.349 e. The van der Waals surface area contributed by atoms with Crippen LogP contribution in [0.5, 0.6) is 0 Å². The topological polar surface area (TPSA) is 12.5 Å². The second-order valence-corrected chi connectivity index (χ2v) is 2.87. The van der Waals surface area contributed by atoms with Crippen molar-refractivity contribution in [2.45, 2.75) is 11.7 Å². The molecule has 1 rings (SSSR count). The Bertz CT molecular complexity index is 150. The third-order valence-electron chi connectivity index (χ3n) is 1.70. The second-order valence-electron chi connectivity index (χ2n) is 2.49. The van der Waals surface area contributed by atoms with Crippen LogP contribution in [0.2, 0.25) is 0 Å². The van der Waals surface area contributed by atoms with Crippen molar-refractivity contribution in [2.75, 3.05) is 26.3 Å². The van der Waals surface area contributed by atoms with E-state index in [1.54, 1.807) is 0 Å². The fourth-order valence-corrected chi connectivity index (χ4v) is 1.14. The van der Waals surface area contributed by atoms with Gasteiger partial charge in [0.05, 0.1) is 13.2 Å². The molecule has 1 saturated heterocycles. The Morgan fingerprint density at radius 1 is 1.33 bits per heavy atom. The van der Waals surface area contributed by atoms with Gasteiger partial charge in [-0.3, -0.25) is 0 Å². The molecule has 2 nitrogen and oxygen atoms in total. The van der Waals surface area contributed by atoms with Crippen molar-refractivity contribution in [1.82, 2.24) is 4.90 Å². The molecule has 1 unspecified atom stereocenters. The summed E-state index contributed by atoms with van der Waals surface area (Å²) in [5.74, 6) is 0. The van der Waals surface area contributed by atoms with E-state index in [9.17, 15) is 13.2 Å². The van der Waals surface area contributed by atoms with Crippen LogP contribution in [-0.4, -0.2) is 42.9 Å². The molecule has 1 aliphatic heterocycles. The average Bonchev–Trinajstić information content (AvgIpc) is 2.06. The number of rotatable bonds is 2. The SMILES string of the molecule is FC(Cl)C(F)(F)N1CCOCC1. The van der Waals surface area contributed by atoms with Crippen molar-refractivity contribution in [3.05, 3.63) is 0 Å². The van der Waals surface area contributed by atoms with Gasteiger partial charge in [0, 0.05) is 13.1 Å². The van der Waals surface area contributed by atoms with E-state index in [1.807, 2.05) is 0 Å². The Morgan fingerprint density at radius 3 is 2.25 bits per heavy atom. The van der Waals surface area contributed by atoms with E-state index >= 15 is 0 Å². The zero-order valence-electron chi connectivity index (χ0n) is 6.27. The number of morpholine rings is 1.